The van der Waals surface area contributed by atoms with Crippen molar-refractivity contribution >= 4 is 41.5 Å². The van der Waals surface area contributed by atoms with Crippen molar-refractivity contribution in [3.63, 3.8) is 0 Å². The molecule has 134 valence electrons. The van der Waals surface area contributed by atoms with Crippen LogP contribution in [0.15, 0.2) is 47.4 Å². The van der Waals surface area contributed by atoms with Crippen LogP contribution in [0.25, 0.3) is 11.4 Å². The SMILES string of the molecule is COc1c(Cl)ccc(/C([NH-])=C/C(N)NCCc2ccc(S)cc2)c1Cl.[Na+]. The first-order valence-electron chi connectivity index (χ1n) is 7.65. The fourth-order valence-corrected chi connectivity index (χ4v) is 3.08. The summed E-state index contributed by atoms with van der Waals surface area (Å²) in [4.78, 5) is 0.936. The molecule has 2 aromatic carbocycles. The molecule has 0 aliphatic heterocycles. The van der Waals surface area contributed by atoms with E-state index in [-0.39, 0.29) is 35.3 Å². The molecular weight excluding hydrogens is 400 g/mol. The summed E-state index contributed by atoms with van der Waals surface area (Å²) in [6.45, 7) is 0.689. The van der Waals surface area contributed by atoms with Crippen molar-refractivity contribution in [2.45, 2.75) is 17.5 Å². The van der Waals surface area contributed by atoms with Crippen molar-refractivity contribution < 1.29 is 34.3 Å². The minimum Gasteiger partial charge on any atom is -0.698 e. The van der Waals surface area contributed by atoms with Crippen molar-refractivity contribution in [1.82, 2.24) is 5.32 Å². The Morgan fingerprint density at radius 3 is 2.54 bits per heavy atom. The molecule has 1 unspecified atom stereocenters. The zero-order valence-electron chi connectivity index (χ0n) is 14.7. The fraction of sp³-hybridized carbons (Fsp3) is 0.222. The van der Waals surface area contributed by atoms with Gasteiger partial charge in [0, 0.05) is 11.4 Å². The average molecular weight is 420 g/mol. The Morgan fingerprint density at radius 2 is 1.92 bits per heavy atom. The summed E-state index contributed by atoms with van der Waals surface area (Å²) in [7, 11) is 1.48. The molecule has 0 heterocycles. The predicted octanol–water partition coefficient (Wildman–Crippen LogP) is 1.80. The van der Waals surface area contributed by atoms with E-state index in [1.807, 2.05) is 24.3 Å². The number of halogens is 2. The zero-order chi connectivity index (χ0) is 18.4. The van der Waals surface area contributed by atoms with E-state index in [1.165, 1.54) is 12.7 Å². The van der Waals surface area contributed by atoms with Gasteiger partial charge in [-0.1, -0.05) is 47.5 Å². The van der Waals surface area contributed by atoms with Crippen LogP contribution in [0.5, 0.6) is 5.75 Å². The standard InChI is InChI=1S/C18H20Cl2N3OS.Na/c1-24-18-14(19)7-6-13(17(18)20)15(21)10-16(22)23-9-8-11-2-4-12(25)5-3-11;/h2-7,10,16,21,23,25H,8-9,22H2,1H3;/q-1;+1/b15-10-;. The first kappa shape index (κ1) is 23.7. The normalized spacial score (nSPS) is 12.4. The van der Waals surface area contributed by atoms with Gasteiger partial charge in [0.1, 0.15) is 0 Å². The number of nitrogens with two attached hydrogens (primary N) is 1. The van der Waals surface area contributed by atoms with Crippen LogP contribution in [0.2, 0.25) is 10.0 Å². The van der Waals surface area contributed by atoms with Crippen LogP contribution >= 0.6 is 35.8 Å². The van der Waals surface area contributed by atoms with Crippen LogP contribution in [0.3, 0.4) is 0 Å². The molecule has 0 radical (unpaired) electrons. The molecule has 2 rings (SSSR count). The molecule has 2 aromatic rings. The Labute approximate surface area is 192 Å². The van der Waals surface area contributed by atoms with Crippen LogP contribution in [-0.4, -0.2) is 19.8 Å². The summed E-state index contributed by atoms with van der Waals surface area (Å²) < 4.78 is 5.17. The van der Waals surface area contributed by atoms with Gasteiger partial charge >= 0.3 is 29.6 Å². The smallest absolute Gasteiger partial charge is 0.698 e. The van der Waals surface area contributed by atoms with Crippen LogP contribution in [0.4, 0.5) is 0 Å². The summed E-state index contributed by atoms with van der Waals surface area (Å²) in [5.41, 5.74) is 16.1. The van der Waals surface area contributed by atoms with Gasteiger partial charge in [0.2, 0.25) is 0 Å². The van der Waals surface area contributed by atoms with E-state index in [2.05, 4.69) is 17.9 Å². The van der Waals surface area contributed by atoms with E-state index in [0.717, 1.165) is 11.3 Å². The molecule has 0 fully saturated rings. The number of hydrogen-bond donors (Lipinski definition) is 3. The van der Waals surface area contributed by atoms with E-state index in [0.29, 0.717) is 27.9 Å². The number of rotatable bonds is 7. The molecule has 0 aliphatic carbocycles. The van der Waals surface area contributed by atoms with E-state index < -0.39 is 6.17 Å². The van der Waals surface area contributed by atoms with Gasteiger partial charge < -0.3 is 16.2 Å². The molecule has 0 spiro atoms. The molecule has 1 atom stereocenters. The third kappa shape index (κ3) is 6.66. The van der Waals surface area contributed by atoms with Crippen LogP contribution < -0.4 is 45.3 Å². The molecule has 0 amide bonds. The van der Waals surface area contributed by atoms with Crippen molar-refractivity contribution in [3.05, 3.63) is 69.4 Å². The monoisotopic (exact) mass is 419 g/mol. The zero-order valence-corrected chi connectivity index (χ0v) is 19.1. The second kappa shape index (κ2) is 11.5. The molecular formula is C18H20Cl2N3NaOS. The van der Waals surface area contributed by atoms with E-state index in [9.17, 15) is 0 Å². The first-order valence-corrected chi connectivity index (χ1v) is 8.85. The third-order valence-electron chi connectivity index (χ3n) is 3.62. The van der Waals surface area contributed by atoms with Gasteiger partial charge in [-0.05, 0) is 35.7 Å². The van der Waals surface area contributed by atoms with Crippen molar-refractivity contribution in [2.24, 2.45) is 5.73 Å². The number of benzene rings is 2. The maximum absolute atomic E-state index is 8.20. The molecule has 0 saturated carbocycles. The average Bonchev–Trinajstić information content (AvgIpc) is 2.57. The Hall–Kier alpha value is -0.370. The van der Waals surface area contributed by atoms with Gasteiger partial charge in [-0.3, -0.25) is 5.32 Å². The molecule has 0 aliphatic rings. The summed E-state index contributed by atoms with van der Waals surface area (Å²) in [5.74, 6) is 0.355. The summed E-state index contributed by atoms with van der Waals surface area (Å²) in [5, 5.41) is 3.87. The maximum Gasteiger partial charge on any atom is 1.00 e. The molecule has 0 bridgehead atoms. The maximum atomic E-state index is 8.20. The topological polar surface area (TPSA) is 71.1 Å². The van der Waals surface area contributed by atoms with E-state index >= 15 is 0 Å². The summed E-state index contributed by atoms with van der Waals surface area (Å²) >= 11 is 16.5. The third-order valence-corrected chi connectivity index (χ3v) is 4.59. The Morgan fingerprint density at radius 1 is 1.27 bits per heavy atom. The van der Waals surface area contributed by atoms with Gasteiger partial charge in [0.25, 0.3) is 0 Å². The quantitative estimate of drug-likeness (QED) is 0.364. The second-order valence-electron chi connectivity index (χ2n) is 5.42. The summed E-state index contributed by atoms with van der Waals surface area (Å²) in [6, 6.07) is 11.3. The molecule has 0 saturated heterocycles. The molecule has 4 nitrogen and oxygen atoms in total. The Balaban J connectivity index is 0.00000338. The number of thiol groups is 1. The van der Waals surface area contributed by atoms with Gasteiger partial charge in [-0.15, -0.1) is 18.3 Å². The van der Waals surface area contributed by atoms with E-state index in [1.54, 1.807) is 18.2 Å². The fourth-order valence-electron chi connectivity index (χ4n) is 2.30. The second-order valence-corrected chi connectivity index (χ2v) is 6.72. The number of ether oxygens (including phenoxy) is 1. The van der Waals surface area contributed by atoms with Crippen molar-refractivity contribution in [1.29, 1.82) is 0 Å². The van der Waals surface area contributed by atoms with Gasteiger partial charge in [0.05, 0.1) is 23.3 Å². The van der Waals surface area contributed by atoms with Crippen LogP contribution in [0.1, 0.15) is 11.1 Å². The Kier molecular flexibility index (Phi) is 10.4. The van der Waals surface area contributed by atoms with Gasteiger partial charge in [-0.2, -0.15) is 0 Å². The molecule has 8 heteroatoms. The molecule has 26 heavy (non-hydrogen) atoms. The first-order chi connectivity index (χ1) is 11.9. The Bertz CT molecular complexity index is 757. The largest absolute Gasteiger partial charge is 1.00 e. The molecule has 4 N–H and O–H groups in total. The van der Waals surface area contributed by atoms with Crippen molar-refractivity contribution in [2.75, 3.05) is 13.7 Å². The number of hydrogen-bond acceptors (Lipinski definition) is 4. The predicted molar refractivity (Wildman–Crippen MR) is 109 cm³/mol. The van der Waals surface area contributed by atoms with Crippen molar-refractivity contribution in [3.8, 4) is 5.75 Å². The van der Waals surface area contributed by atoms with Gasteiger partial charge in [-0.25, -0.2) is 0 Å². The van der Waals surface area contributed by atoms with Crippen LogP contribution in [0, 0.1) is 0 Å². The van der Waals surface area contributed by atoms with Crippen LogP contribution in [-0.2, 0) is 6.42 Å². The minimum atomic E-state index is -0.464. The number of nitrogens with one attached hydrogen (secondary N) is 2. The minimum absolute atomic E-state index is 0. The summed E-state index contributed by atoms with van der Waals surface area (Å²) in [6.07, 6.45) is 1.97. The number of methoxy groups -OCH3 is 1. The van der Waals surface area contributed by atoms with Gasteiger partial charge in [0.15, 0.2) is 5.75 Å². The molecule has 0 aromatic heterocycles. The van der Waals surface area contributed by atoms with E-state index in [4.69, 9.17) is 39.4 Å².